The van der Waals surface area contributed by atoms with Crippen LogP contribution in [0.15, 0.2) is 24.3 Å². The number of ether oxygens (including phenoxy) is 1. The first-order chi connectivity index (χ1) is 12.5. The van der Waals surface area contributed by atoms with Crippen molar-refractivity contribution >= 4 is 11.9 Å². The summed E-state index contributed by atoms with van der Waals surface area (Å²) in [7, 11) is 0. The van der Waals surface area contributed by atoms with Crippen LogP contribution < -0.4 is 0 Å². The van der Waals surface area contributed by atoms with Gasteiger partial charge in [-0.15, -0.1) is 0 Å². The van der Waals surface area contributed by atoms with Crippen LogP contribution in [-0.4, -0.2) is 59.9 Å². The van der Waals surface area contributed by atoms with Crippen molar-refractivity contribution in [2.24, 2.45) is 11.3 Å². The third kappa shape index (κ3) is 4.24. The van der Waals surface area contributed by atoms with Crippen molar-refractivity contribution in [2.45, 2.75) is 32.1 Å². The monoisotopic (exact) mass is 361 g/mol. The van der Waals surface area contributed by atoms with Crippen molar-refractivity contribution in [1.29, 1.82) is 0 Å². The van der Waals surface area contributed by atoms with E-state index in [4.69, 9.17) is 9.84 Å². The molecule has 2 saturated heterocycles. The number of carbonyl (C=O) groups excluding carboxylic acids is 1. The minimum absolute atomic E-state index is 0.0406. The molecule has 6 heteroatoms. The lowest BCUT2D eigenvalue weighted by molar-refractivity contribution is -0.150. The lowest BCUT2D eigenvalue weighted by Crippen LogP contribution is -2.48. The van der Waals surface area contributed by atoms with Crippen LogP contribution in [0.3, 0.4) is 0 Å². The number of likely N-dealkylation sites (tertiary alicyclic amines) is 1. The zero-order valence-corrected chi connectivity index (χ0v) is 15.0. The van der Waals surface area contributed by atoms with E-state index in [-0.39, 0.29) is 18.9 Å². The fourth-order valence-corrected chi connectivity index (χ4v) is 4.02. The van der Waals surface area contributed by atoms with E-state index >= 15 is 0 Å². The number of hydrogen-bond acceptors (Lipinski definition) is 4. The average molecular weight is 361 g/mol. The summed E-state index contributed by atoms with van der Waals surface area (Å²) in [6, 6.07) is 7.70. The molecule has 142 valence electrons. The van der Waals surface area contributed by atoms with Crippen LogP contribution in [0.5, 0.6) is 0 Å². The van der Waals surface area contributed by atoms with Gasteiger partial charge in [0.15, 0.2) is 0 Å². The van der Waals surface area contributed by atoms with E-state index in [2.05, 4.69) is 0 Å². The highest BCUT2D eigenvalue weighted by molar-refractivity contribution is 5.83. The second-order valence-corrected chi connectivity index (χ2v) is 7.55. The normalized spacial score (nSPS) is 22.3. The maximum Gasteiger partial charge on any atom is 0.307 e. The van der Waals surface area contributed by atoms with Crippen LogP contribution in [0.1, 0.15) is 30.4 Å². The molecule has 2 N–H and O–H groups in total. The van der Waals surface area contributed by atoms with E-state index in [9.17, 15) is 14.7 Å². The second-order valence-electron chi connectivity index (χ2n) is 7.55. The molecular weight excluding hydrogens is 334 g/mol. The van der Waals surface area contributed by atoms with Crippen LogP contribution in [0.4, 0.5) is 0 Å². The smallest absolute Gasteiger partial charge is 0.307 e. The Bertz CT molecular complexity index is 636. The molecule has 1 aromatic carbocycles. The Balaban J connectivity index is 1.56. The third-order valence-corrected chi connectivity index (χ3v) is 5.68. The van der Waals surface area contributed by atoms with Gasteiger partial charge in [-0.05, 0) is 42.7 Å². The number of hydrogen-bond donors (Lipinski definition) is 2. The molecule has 1 amide bonds. The average Bonchev–Trinajstić information content (AvgIpc) is 3.11. The molecule has 2 aliphatic heterocycles. The summed E-state index contributed by atoms with van der Waals surface area (Å²) in [5.74, 6) is -0.351. The van der Waals surface area contributed by atoms with Crippen LogP contribution in [-0.2, 0) is 27.2 Å². The maximum atomic E-state index is 13.0. The first kappa shape index (κ1) is 18.9. The predicted octanol–water partition coefficient (Wildman–Crippen LogP) is 1.49. The second kappa shape index (κ2) is 8.18. The summed E-state index contributed by atoms with van der Waals surface area (Å²) in [4.78, 5) is 25.6. The fraction of sp³-hybridized carbons (Fsp3) is 0.600. The Hall–Kier alpha value is -1.92. The summed E-state index contributed by atoms with van der Waals surface area (Å²) in [6.45, 7) is 2.42. The van der Waals surface area contributed by atoms with E-state index in [0.717, 1.165) is 31.5 Å². The van der Waals surface area contributed by atoms with Crippen LogP contribution in [0, 0.1) is 11.3 Å². The Kier molecular flexibility index (Phi) is 5.94. The Morgan fingerprint density at radius 3 is 2.42 bits per heavy atom. The fourth-order valence-electron chi connectivity index (χ4n) is 4.02. The minimum atomic E-state index is -0.825. The number of carbonyl (C=O) groups is 2. The Morgan fingerprint density at radius 2 is 1.81 bits per heavy atom. The molecule has 0 spiro atoms. The highest BCUT2D eigenvalue weighted by atomic mass is 16.5. The molecule has 0 aliphatic carbocycles. The van der Waals surface area contributed by atoms with E-state index in [1.807, 2.05) is 29.2 Å². The van der Waals surface area contributed by atoms with Crippen molar-refractivity contribution in [3.63, 3.8) is 0 Å². The lowest BCUT2D eigenvalue weighted by Gasteiger charge is -2.37. The highest BCUT2D eigenvalue weighted by Gasteiger charge is 2.43. The van der Waals surface area contributed by atoms with E-state index in [0.29, 0.717) is 32.0 Å². The SMILES string of the molecule is O=C(O)Cc1ccc(CC2CCN(C(=O)C3(CO)CCOCC3)C2)cc1. The topological polar surface area (TPSA) is 87.1 Å². The predicted molar refractivity (Wildman–Crippen MR) is 95.7 cm³/mol. The summed E-state index contributed by atoms with van der Waals surface area (Å²) >= 11 is 0. The number of nitrogens with zero attached hydrogens (tertiary/aromatic N) is 1. The number of aliphatic hydroxyl groups is 1. The van der Waals surface area contributed by atoms with Gasteiger partial charge in [-0.25, -0.2) is 0 Å². The van der Waals surface area contributed by atoms with Crippen molar-refractivity contribution in [1.82, 2.24) is 4.90 Å². The molecule has 1 aromatic rings. The number of amides is 1. The van der Waals surface area contributed by atoms with Gasteiger partial charge in [-0.2, -0.15) is 0 Å². The molecular formula is C20H27NO5. The first-order valence-electron chi connectivity index (χ1n) is 9.30. The zero-order chi connectivity index (χ0) is 18.6. The molecule has 2 aliphatic rings. The van der Waals surface area contributed by atoms with Gasteiger partial charge in [0.05, 0.1) is 18.4 Å². The zero-order valence-electron chi connectivity index (χ0n) is 15.0. The van der Waals surface area contributed by atoms with Gasteiger partial charge in [-0.1, -0.05) is 24.3 Å². The molecule has 26 heavy (non-hydrogen) atoms. The molecule has 3 rings (SSSR count). The number of carboxylic acid groups (broad SMARTS) is 1. The molecule has 0 saturated carbocycles. The summed E-state index contributed by atoms with van der Waals surface area (Å²) < 4.78 is 5.35. The van der Waals surface area contributed by atoms with Gasteiger partial charge in [-0.3, -0.25) is 9.59 Å². The summed E-state index contributed by atoms with van der Waals surface area (Å²) in [5.41, 5.74) is 1.31. The molecule has 2 fully saturated rings. The molecule has 1 unspecified atom stereocenters. The summed E-state index contributed by atoms with van der Waals surface area (Å²) in [5, 5.41) is 18.6. The Morgan fingerprint density at radius 1 is 1.15 bits per heavy atom. The number of carboxylic acids is 1. The van der Waals surface area contributed by atoms with Crippen molar-refractivity contribution in [2.75, 3.05) is 32.9 Å². The van der Waals surface area contributed by atoms with Gasteiger partial charge in [0, 0.05) is 26.3 Å². The van der Waals surface area contributed by atoms with Crippen LogP contribution in [0.25, 0.3) is 0 Å². The van der Waals surface area contributed by atoms with Gasteiger partial charge < -0.3 is 19.8 Å². The Labute approximate surface area is 153 Å². The molecule has 0 radical (unpaired) electrons. The molecule has 0 aromatic heterocycles. The van der Waals surface area contributed by atoms with Crippen LogP contribution in [0.2, 0.25) is 0 Å². The van der Waals surface area contributed by atoms with Crippen molar-refractivity contribution in [3.8, 4) is 0 Å². The standard InChI is InChI=1S/C20H27NO5/c22-14-20(6-9-26-10-7-20)19(25)21-8-5-17(13-21)11-15-1-3-16(4-2-15)12-18(23)24/h1-4,17,22H,5-14H2,(H,23,24). The molecule has 1 atom stereocenters. The molecule has 6 nitrogen and oxygen atoms in total. The number of aliphatic hydroxyl groups excluding tert-OH is 1. The minimum Gasteiger partial charge on any atom is -0.481 e. The highest BCUT2D eigenvalue weighted by Crippen LogP contribution is 2.34. The molecule has 2 heterocycles. The third-order valence-electron chi connectivity index (χ3n) is 5.68. The first-order valence-corrected chi connectivity index (χ1v) is 9.30. The maximum absolute atomic E-state index is 13.0. The van der Waals surface area contributed by atoms with E-state index < -0.39 is 11.4 Å². The van der Waals surface area contributed by atoms with E-state index in [1.54, 1.807) is 0 Å². The van der Waals surface area contributed by atoms with Crippen molar-refractivity contribution in [3.05, 3.63) is 35.4 Å². The lowest BCUT2D eigenvalue weighted by atomic mass is 9.79. The summed E-state index contributed by atoms with van der Waals surface area (Å²) in [6.07, 6.45) is 3.06. The largest absolute Gasteiger partial charge is 0.481 e. The quantitative estimate of drug-likeness (QED) is 0.802. The van der Waals surface area contributed by atoms with Gasteiger partial charge >= 0.3 is 5.97 Å². The van der Waals surface area contributed by atoms with Gasteiger partial charge in [0.25, 0.3) is 0 Å². The number of aliphatic carboxylic acids is 1. The van der Waals surface area contributed by atoms with E-state index in [1.165, 1.54) is 5.56 Å². The number of rotatable bonds is 6. The van der Waals surface area contributed by atoms with Crippen molar-refractivity contribution < 1.29 is 24.5 Å². The number of benzene rings is 1. The molecule has 0 bridgehead atoms. The van der Waals surface area contributed by atoms with Gasteiger partial charge in [0.2, 0.25) is 5.91 Å². The van der Waals surface area contributed by atoms with Gasteiger partial charge in [0.1, 0.15) is 0 Å². The van der Waals surface area contributed by atoms with Crippen LogP contribution >= 0.6 is 0 Å².